The lowest BCUT2D eigenvalue weighted by atomic mass is 10.1. The van der Waals surface area contributed by atoms with Gasteiger partial charge < -0.3 is 5.32 Å². The van der Waals surface area contributed by atoms with Crippen molar-refractivity contribution in [3.8, 4) is 0 Å². The monoisotopic (exact) mass is 459 g/mol. The van der Waals surface area contributed by atoms with E-state index in [0.29, 0.717) is 17.9 Å². The molecule has 0 atom stereocenters. The number of sulfonamides is 1. The molecule has 3 aromatic rings. The summed E-state index contributed by atoms with van der Waals surface area (Å²) in [4.78, 5) is 12.7. The molecule has 9 heteroatoms. The first-order valence-corrected chi connectivity index (χ1v) is 11.2. The minimum absolute atomic E-state index is 0.0145. The Hall–Kier alpha value is -2.94. The number of nitrogens with one attached hydrogen (secondary N) is 2. The van der Waals surface area contributed by atoms with Crippen LogP contribution in [0.1, 0.15) is 27.0 Å². The number of anilines is 2. The highest BCUT2D eigenvalue weighted by atomic mass is 35.5. The van der Waals surface area contributed by atoms with Crippen molar-refractivity contribution in [1.29, 1.82) is 0 Å². The predicted octanol–water partition coefficient (Wildman–Crippen LogP) is 4.56. The molecule has 0 saturated heterocycles. The van der Waals surface area contributed by atoms with Gasteiger partial charge in [0, 0.05) is 12.2 Å². The van der Waals surface area contributed by atoms with E-state index in [0.717, 1.165) is 27.2 Å². The number of hydrazine groups is 1. The Morgan fingerprint density at radius 3 is 2.48 bits per heavy atom. The average molecular weight is 460 g/mol. The molecule has 4 rings (SSSR count). The maximum Gasteiger partial charge on any atom is 0.277 e. The van der Waals surface area contributed by atoms with E-state index in [1.54, 1.807) is 24.3 Å². The van der Waals surface area contributed by atoms with Gasteiger partial charge in [-0.3, -0.25) is 4.79 Å². The summed E-state index contributed by atoms with van der Waals surface area (Å²) in [5.41, 5.74) is 5.72. The van der Waals surface area contributed by atoms with Gasteiger partial charge in [-0.25, -0.2) is 9.82 Å². The van der Waals surface area contributed by atoms with Gasteiger partial charge in [0.2, 0.25) is 0 Å². The Morgan fingerprint density at radius 2 is 1.81 bits per heavy atom. The molecule has 0 saturated carbocycles. The molecule has 0 aromatic heterocycles. The molecule has 160 valence electrons. The normalized spacial score (nSPS) is 13.2. The second-order valence-corrected chi connectivity index (χ2v) is 9.52. The van der Waals surface area contributed by atoms with Gasteiger partial charge >= 0.3 is 0 Å². The molecule has 1 aliphatic rings. The van der Waals surface area contributed by atoms with Crippen LogP contribution in [0.4, 0.5) is 15.8 Å². The van der Waals surface area contributed by atoms with Gasteiger partial charge in [-0.05, 0) is 66.9 Å². The van der Waals surface area contributed by atoms with Gasteiger partial charge in [-0.2, -0.15) is 12.8 Å². The van der Waals surface area contributed by atoms with Crippen LogP contribution in [-0.4, -0.2) is 14.3 Å². The van der Waals surface area contributed by atoms with Gasteiger partial charge in [-0.1, -0.05) is 29.8 Å². The highest BCUT2D eigenvalue weighted by molar-refractivity contribution is 7.92. The van der Waals surface area contributed by atoms with Crippen molar-refractivity contribution in [3.05, 3.63) is 87.7 Å². The van der Waals surface area contributed by atoms with E-state index >= 15 is 0 Å². The molecule has 0 bridgehead atoms. The van der Waals surface area contributed by atoms with Crippen LogP contribution in [-0.2, 0) is 16.6 Å². The number of hydrogen-bond donors (Lipinski definition) is 2. The molecule has 0 radical (unpaired) electrons. The molecule has 0 aliphatic carbocycles. The maximum atomic E-state index is 14.1. The standard InChI is InChI=1S/C22H19ClFN3O3S/c1-13-8-14(2)10-17(9-13)31(29,30)27-20-11-16(7-6-15(20)12-25-27)26-22(28)21-18(23)4-3-5-19(21)24/h3-11,25H,12H2,1-2H3,(H,26,28). The van der Waals surface area contributed by atoms with Crippen LogP contribution in [0.2, 0.25) is 5.02 Å². The predicted molar refractivity (Wildman–Crippen MR) is 118 cm³/mol. The first-order chi connectivity index (χ1) is 14.7. The molecule has 1 amide bonds. The summed E-state index contributed by atoms with van der Waals surface area (Å²) in [5, 5.41) is 2.57. The molecule has 2 N–H and O–H groups in total. The zero-order valence-electron chi connectivity index (χ0n) is 16.7. The number of fused-ring (bicyclic) bond motifs is 1. The van der Waals surface area contributed by atoms with Crippen molar-refractivity contribution in [2.24, 2.45) is 0 Å². The first kappa shape index (κ1) is 21.3. The second kappa shape index (κ2) is 7.96. The molecule has 1 aliphatic heterocycles. The number of nitrogens with zero attached hydrogens (tertiary/aromatic N) is 1. The Kier molecular flexibility index (Phi) is 5.47. The molecule has 3 aromatic carbocycles. The summed E-state index contributed by atoms with van der Waals surface area (Å²) in [6.45, 7) is 3.98. The van der Waals surface area contributed by atoms with Crippen LogP contribution in [0, 0.1) is 19.7 Å². The van der Waals surface area contributed by atoms with Crippen molar-refractivity contribution >= 4 is 38.9 Å². The van der Waals surface area contributed by atoms with E-state index in [9.17, 15) is 17.6 Å². The fourth-order valence-corrected chi connectivity index (χ4v) is 5.33. The number of benzene rings is 3. The van der Waals surface area contributed by atoms with E-state index < -0.39 is 21.7 Å². The Morgan fingerprint density at radius 1 is 1.10 bits per heavy atom. The maximum absolute atomic E-state index is 14.1. The van der Waals surface area contributed by atoms with Crippen molar-refractivity contribution in [2.45, 2.75) is 25.3 Å². The van der Waals surface area contributed by atoms with Crippen molar-refractivity contribution in [3.63, 3.8) is 0 Å². The van der Waals surface area contributed by atoms with Gasteiger partial charge in [0.1, 0.15) is 5.82 Å². The minimum atomic E-state index is -3.88. The van der Waals surface area contributed by atoms with Crippen LogP contribution in [0.15, 0.2) is 59.5 Å². The summed E-state index contributed by atoms with van der Waals surface area (Å²) < 4.78 is 41.7. The molecular weight excluding hydrogens is 441 g/mol. The van der Waals surface area contributed by atoms with E-state index in [2.05, 4.69) is 10.7 Å². The Balaban J connectivity index is 1.67. The lowest BCUT2D eigenvalue weighted by molar-refractivity contribution is 0.102. The number of amides is 1. The topological polar surface area (TPSA) is 78.5 Å². The van der Waals surface area contributed by atoms with Crippen LogP contribution in [0.3, 0.4) is 0 Å². The number of aryl methyl sites for hydroxylation is 2. The van der Waals surface area contributed by atoms with Gasteiger partial charge in [0.25, 0.3) is 15.9 Å². The Labute approximate surface area is 184 Å². The summed E-state index contributed by atoms with van der Waals surface area (Å²) in [7, 11) is -3.88. The van der Waals surface area contributed by atoms with Crippen LogP contribution < -0.4 is 15.2 Å². The van der Waals surface area contributed by atoms with Gasteiger partial charge in [-0.15, -0.1) is 0 Å². The van der Waals surface area contributed by atoms with E-state index in [1.165, 1.54) is 18.2 Å². The minimum Gasteiger partial charge on any atom is -0.322 e. The molecule has 0 fully saturated rings. The van der Waals surface area contributed by atoms with Crippen LogP contribution in [0.25, 0.3) is 0 Å². The molecule has 6 nitrogen and oxygen atoms in total. The Bertz CT molecular complexity index is 1270. The lowest BCUT2D eigenvalue weighted by Gasteiger charge is -2.20. The molecule has 1 heterocycles. The second-order valence-electron chi connectivity index (χ2n) is 7.32. The fourth-order valence-electron chi connectivity index (χ4n) is 3.53. The fraction of sp³-hybridized carbons (Fsp3) is 0.136. The van der Waals surface area contributed by atoms with Crippen molar-refractivity contribution < 1.29 is 17.6 Å². The quantitative estimate of drug-likeness (QED) is 0.599. The zero-order chi connectivity index (χ0) is 22.3. The molecule has 0 spiro atoms. The van der Waals surface area contributed by atoms with Gasteiger partial charge in [0.05, 0.1) is 21.2 Å². The third-order valence-corrected chi connectivity index (χ3v) is 6.85. The third kappa shape index (κ3) is 4.01. The highest BCUT2D eigenvalue weighted by Gasteiger charge is 2.31. The van der Waals surface area contributed by atoms with E-state index in [1.807, 2.05) is 19.9 Å². The molecular formula is C22H19ClFN3O3S. The number of rotatable bonds is 4. The largest absolute Gasteiger partial charge is 0.322 e. The van der Waals surface area contributed by atoms with Crippen molar-refractivity contribution in [1.82, 2.24) is 5.43 Å². The van der Waals surface area contributed by atoms with Crippen molar-refractivity contribution in [2.75, 3.05) is 9.73 Å². The smallest absolute Gasteiger partial charge is 0.277 e. The number of hydrogen-bond acceptors (Lipinski definition) is 4. The summed E-state index contributed by atoms with van der Waals surface area (Å²) in [6.07, 6.45) is 0. The van der Waals surface area contributed by atoms with E-state index in [-0.39, 0.29) is 15.5 Å². The third-order valence-electron chi connectivity index (χ3n) is 4.90. The zero-order valence-corrected chi connectivity index (χ0v) is 18.3. The van der Waals surface area contributed by atoms with Crippen LogP contribution >= 0.6 is 11.6 Å². The number of carbonyl (C=O) groups is 1. The average Bonchev–Trinajstić information content (AvgIpc) is 3.11. The first-order valence-electron chi connectivity index (χ1n) is 9.42. The van der Waals surface area contributed by atoms with Crippen LogP contribution in [0.5, 0.6) is 0 Å². The number of carbonyl (C=O) groups excluding carboxylic acids is 1. The molecule has 0 unspecified atom stereocenters. The highest BCUT2D eigenvalue weighted by Crippen LogP contribution is 2.33. The van der Waals surface area contributed by atoms with Gasteiger partial charge in [0.15, 0.2) is 0 Å². The summed E-state index contributed by atoms with van der Waals surface area (Å²) in [5.74, 6) is -1.47. The lowest BCUT2D eigenvalue weighted by Crippen LogP contribution is -2.38. The SMILES string of the molecule is Cc1cc(C)cc(S(=O)(=O)N2NCc3ccc(NC(=O)c4c(F)cccc4Cl)cc32)c1. The summed E-state index contributed by atoms with van der Waals surface area (Å²) >= 11 is 5.96. The van der Waals surface area contributed by atoms with E-state index in [4.69, 9.17) is 11.6 Å². The number of halogens is 2. The molecule has 31 heavy (non-hydrogen) atoms. The summed E-state index contributed by atoms with van der Waals surface area (Å²) in [6, 6.07) is 13.9.